The molecule has 1 unspecified atom stereocenters. The van der Waals surface area contributed by atoms with E-state index in [1.807, 2.05) is 61.0 Å². The lowest BCUT2D eigenvalue weighted by atomic mass is 10.1. The highest BCUT2D eigenvalue weighted by atomic mass is 35.5. The maximum atomic E-state index is 6.15. The highest BCUT2D eigenvalue weighted by Crippen LogP contribution is 2.35. The Kier molecular flexibility index (Phi) is 4.15. The van der Waals surface area contributed by atoms with Crippen LogP contribution in [0.25, 0.3) is 0 Å². The lowest BCUT2D eigenvalue weighted by Crippen LogP contribution is -2.39. The zero-order valence-electron chi connectivity index (χ0n) is 13.3. The number of nitrogens with two attached hydrogens (primary N) is 1. The molecule has 0 spiro atoms. The van der Waals surface area contributed by atoms with Gasteiger partial charge in [-0.25, -0.2) is 4.99 Å². The van der Waals surface area contributed by atoms with Crippen molar-refractivity contribution in [1.82, 2.24) is 10.0 Å². The molecule has 2 aliphatic heterocycles. The lowest BCUT2D eigenvalue weighted by molar-refractivity contribution is 0.0371. The third-order valence-electron chi connectivity index (χ3n) is 4.21. The van der Waals surface area contributed by atoms with Crippen LogP contribution in [0.5, 0.6) is 0 Å². The van der Waals surface area contributed by atoms with Crippen molar-refractivity contribution in [2.24, 2.45) is 4.99 Å². The predicted octanol–water partition coefficient (Wildman–Crippen LogP) is 4.79. The van der Waals surface area contributed by atoms with E-state index in [0.29, 0.717) is 16.6 Å². The number of rotatable bonds is 3. The van der Waals surface area contributed by atoms with Crippen LogP contribution in [-0.2, 0) is 6.54 Å². The van der Waals surface area contributed by atoms with Crippen LogP contribution < -0.4 is 5.73 Å². The second kappa shape index (κ2) is 6.47. The van der Waals surface area contributed by atoms with Crippen molar-refractivity contribution in [2.45, 2.75) is 12.6 Å². The van der Waals surface area contributed by atoms with E-state index in [9.17, 15) is 0 Å². The molecule has 1 atom stereocenters. The molecule has 2 aliphatic rings. The Morgan fingerprint density at radius 1 is 1.08 bits per heavy atom. The third-order valence-corrected chi connectivity index (χ3v) is 4.95. The first kappa shape index (κ1) is 16.1. The molecule has 126 valence electrons. The Morgan fingerprint density at radius 2 is 1.96 bits per heavy atom. The van der Waals surface area contributed by atoms with Crippen LogP contribution in [0.2, 0.25) is 10.0 Å². The Labute approximate surface area is 156 Å². The Hall–Kier alpha value is -2.43. The van der Waals surface area contributed by atoms with Gasteiger partial charge in [-0.05, 0) is 47.5 Å². The lowest BCUT2D eigenvalue weighted by Gasteiger charge is -2.38. The standard InChI is InChI=1S/C19H16Cl2N4/c20-16-7-6-13(9-17(16)21)12-24-8-2-5-19-23-11-18(25(19)24)14-3-1-4-15(22)10-14/h1-11,18H,12,22H2. The van der Waals surface area contributed by atoms with Gasteiger partial charge in [-0.15, -0.1) is 0 Å². The highest BCUT2D eigenvalue weighted by Gasteiger charge is 2.31. The predicted molar refractivity (Wildman–Crippen MR) is 103 cm³/mol. The van der Waals surface area contributed by atoms with Crippen LogP contribution in [0.3, 0.4) is 0 Å². The maximum absolute atomic E-state index is 6.15. The van der Waals surface area contributed by atoms with Gasteiger partial charge in [0.1, 0.15) is 11.9 Å². The highest BCUT2D eigenvalue weighted by molar-refractivity contribution is 6.42. The summed E-state index contributed by atoms with van der Waals surface area (Å²) >= 11 is 12.2. The maximum Gasteiger partial charge on any atom is 0.147 e. The Bertz CT molecular complexity index is 904. The molecule has 0 bridgehead atoms. The summed E-state index contributed by atoms with van der Waals surface area (Å²) in [4.78, 5) is 4.55. The number of anilines is 1. The van der Waals surface area contributed by atoms with E-state index in [-0.39, 0.29) is 6.04 Å². The number of nitrogen functional groups attached to an aromatic ring is 1. The smallest absolute Gasteiger partial charge is 0.147 e. The fourth-order valence-electron chi connectivity index (χ4n) is 3.05. The van der Waals surface area contributed by atoms with Crippen LogP contribution in [0.15, 0.2) is 71.6 Å². The van der Waals surface area contributed by atoms with Crippen molar-refractivity contribution in [3.05, 3.63) is 87.8 Å². The first-order chi connectivity index (χ1) is 12.1. The molecule has 2 N–H and O–H groups in total. The fourth-order valence-corrected chi connectivity index (χ4v) is 3.37. The number of hydrogen-bond acceptors (Lipinski definition) is 4. The van der Waals surface area contributed by atoms with Crippen LogP contribution >= 0.6 is 23.2 Å². The minimum absolute atomic E-state index is 0.00229. The summed E-state index contributed by atoms with van der Waals surface area (Å²) in [6, 6.07) is 13.6. The van der Waals surface area contributed by atoms with Crippen molar-refractivity contribution in [3.63, 3.8) is 0 Å². The van der Waals surface area contributed by atoms with Gasteiger partial charge in [0.05, 0.1) is 16.6 Å². The van der Waals surface area contributed by atoms with E-state index < -0.39 is 0 Å². The first-order valence-corrected chi connectivity index (χ1v) is 8.65. The molecule has 4 nitrogen and oxygen atoms in total. The minimum atomic E-state index is 0.00229. The van der Waals surface area contributed by atoms with E-state index in [1.54, 1.807) is 0 Å². The van der Waals surface area contributed by atoms with Crippen molar-refractivity contribution >= 4 is 35.1 Å². The molecule has 2 heterocycles. The average molecular weight is 371 g/mol. The number of hydrogen-bond donors (Lipinski definition) is 1. The molecule has 0 aromatic heterocycles. The van der Waals surface area contributed by atoms with E-state index in [0.717, 1.165) is 22.6 Å². The summed E-state index contributed by atoms with van der Waals surface area (Å²) in [5.41, 5.74) is 8.86. The van der Waals surface area contributed by atoms with Gasteiger partial charge in [0.15, 0.2) is 0 Å². The molecule has 0 amide bonds. The van der Waals surface area contributed by atoms with E-state index >= 15 is 0 Å². The van der Waals surface area contributed by atoms with Crippen molar-refractivity contribution in [1.29, 1.82) is 0 Å². The molecule has 0 radical (unpaired) electrons. The van der Waals surface area contributed by atoms with Crippen molar-refractivity contribution in [2.75, 3.05) is 5.73 Å². The Morgan fingerprint density at radius 3 is 2.76 bits per heavy atom. The van der Waals surface area contributed by atoms with Gasteiger partial charge in [0.25, 0.3) is 0 Å². The summed E-state index contributed by atoms with van der Waals surface area (Å²) < 4.78 is 0. The summed E-state index contributed by atoms with van der Waals surface area (Å²) in [6.07, 6.45) is 7.95. The summed E-state index contributed by atoms with van der Waals surface area (Å²) in [7, 11) is 0. The number of halogens is 2. The van der Waals surface area contributed by atoms with E-state index in [2.05, 4.69) is 21.1 Å². The topological polar surface area (TPSA) is 44.9 Å². The van der Waals surface area contributed by atoms with Gasteiger partial charge >= 0.3 is 0 Å². The second-order valence-corrected chi connectivity index (χ2v) is 6.76. The molecule has 0 aliphatic carbocycles. The molecular formula is C19H16Cl2N4. The third kappa shape index (κ3) is 3.11. The number of hydrazine groups is 1. The average Bonchev–Trinajstić information content (AvgIpc) is 3.03. The van der Waals surface area contributed by atoms with Gasteiger partial charge in [-0.2, -0.15) is 0 Å². The molecular weight excluding hydrogens is 355 g/mol. The minimum Gasteiger partial charge on any atom is -0.399 e. The summed E-state index contributed by atoms with van der Waals surface area (Å²) in [5.74, 6) is 0.898. The summed E-state index contributed by atoms with van der Waals surface area (Å²) in [5, 5.41) is 5.39. The van der Waals surface area contributed by atoms with Crippen LogP contribution in [0.1, 0.15) is 17.2 Å². The molecule has 2 aromatic carbocycles. The molecule has 0 fully saturated rings. The number of fused-ring (bicyclic) bond motifs is 1. The zero-order chi connectivity index (χ0) is 17.4. The number of aliphatic imine (C=N–C) groups is 1. The fraction of sp³-hybridized carbons (Fsp3) is 0.105. The second-order valence-electron chi connectivity index (χ2n) is 5.95. The van der Waals surface area contributed by atoms with Gasteiger partial charge in [-0.3, -0.25) is 10.0 Å². The quantitative estimate of drug-likeness (QED) is 0.789. The monoisotopic (exact) mass is 370 g/mol. The molecule has 4 rings (SSSR count). The molecule has 6 heteroatoms. The van der Waals surface area contributed by atoms with E-state index in [4.69, 9.17) is 28.9 Å². The molecule has 25 heavy (non-hydrogen) atoms. The normalized spacial score (nSPS) is 18.5. The summed E-state index contributed by atoms with van der Waals surface area (Å²) in [6.45, 7) is 0.660. The molecule has 0 saturated carbocycles. The van der Waals surface area contributed by atoms with Gasteiger partial charge < -0.3 is 5.73 Å². The SMILES string of the molecule is Nc1cccc(C2C=NC3=CC=CN(Cc4ccc(Cl)c(Cl)c4)N32)c1. The van der Waals surface area contributed by atoms with Crippen molar-refractivity contribution < 1.29 is 0 Å². The number of benzene rings is 2. The molecule has 2 aromatic rings. The molecule has 0 saturated heterocycles. The first-order valence-electron chi connectivity index (χ1n) is 7.89. The van der Waals surface area contributed by atoms with Crippen LogP contribution in [0, 0.1) is 0 Å². The number of nitrogens with zero attached hydrogens (tertiary/aromatic N) is 3. The Balaban J connectivity index is 1.63. The van der Waals surface area contributed by atoms with Crippen LogP contribution in [-0.4, -0.2) is 16.2 Å². The number of allylic oxidation sites excluding steroid dienone is 2. The van der Waals surface area contributed by atoms with Gasteiger partial charge in [0.2, 0.25) is 0 Å². The van der Waals surface area contributed by atoms with Gasteiger partial charge in [-0.1, -0.05) is 41.4 Å². The van der Waals surface area contributed by atoms with Gasteiger partial charge in [0, 0.05) is 18.1 Å². The van der Waals surface area contributed by atoms with Crippen molar-refractivity contribution in [3.8, 4) is 0 Å². The largest absolute Gasteiger partial charge is 0.399 e. The zero-order valence-corrected chi connectivity index (χ0v) is 14.8. The van der Waals surface area contributed by atoms with Crippen LogP contribution in [0.4, 0.5) is 5.69 Å². The van der Waals surface area contributed by atoms with E-state index in [1.165, 1.54) is 0 Å².